The lowest BCUT2D eigenvalue weighted by Gasteiger charge is -2.25. The van der Waals surface area contributed by atoms with E-state index in [0.717, 1.165) is 18.7 Å². The van der Waals surface area contributed by atoms with Gasteiger partial charge in [-0.1, -0.05) is 18.2 Å². The van der Waals surface area contributed by atoms with Crippen LogP contribution in [0.1, 0.15) is 31.9 Å². The molecule has 0 aromatic heterocycles. The van der Waals surface area contributed by atoms with E-state index in [-0.39, 0.29) is 5.60 Å². The van der Waals surface area contributed by atoms with Gasteiger partial charge in [-0.2, -0.15) is 0 Å². The van der Waals surface area contributed by atoms with E-state index in [9.17, 15) is 0 Å². The summed E-state index contributed by atoms with van der Waals surface area (Å²) in [4.78, 5) is 2.41. The van der Waals surface area contributed by atoms with Crippen molar-refractivity contribution < 1.29 is 4.74 Å². The van der Waals surface area contributed by atoms with Crippen molar-refractivity contribution >= 4 is 11.4 Å². The second-order valence-corrected chi connectivity index (χ2v) is 6.69. The van der Waals surface area contributed by atoms with E-state index < -0.39 is 0 Å². The van der Waals surface area contributed by atoms with Gasteiger partial charge in [0, 0.05) is 17.9 Å². The van der Waals surface area contributed by atoms with Gasteiger partial charge < -0.3 is 9.64 Å². The highest BCUT2D eigenvalue weighted by atomic mass is 16.5. The minimum atomic E-state index is -0.159. The van der Waals surface area contributed by atoms with E-state index in [2.05, 4.69) is 75.1 Å². The van der Waals surface area contributed by atoms with E-state index in [1.165, 1.54) is 22.5 Å². The number of hydrogen-bond acceptors (Lipinski definition) is 2. The highest BCUT2D eigenvalue weighted by Gasteiger charge is 2.21. The first-order valence-corrected chi connectivity index (χ1v) is 7.59. The highest BCUT2D eigenvalue weighted by molar-refractivity contribution is 5.72. The standard InChI is InChI=1S/C19H23NO/c1-14-13-16(21-19(2,3)4)9-10-17(14)20-12-11-15-7-5-6-8-18(15)20/h5-10,13H,11-12H2,1-4H3. The average molecular weight is 281 g/mol. The third-order valence-electron chi connectivity index (χ3n) is 3.77. The quantitative estimate of drug-likeness (QED) is 0.779. The predicted molar refractivity (Wildman–Crippen MR) is 88.7 cm³/mol. The summed E-state index contributed by atoms with van der Waals surface area (Å²) in [6.07, 6.45) is 1.12. The third kappa shape index (κ3) is 2.90. The van der Waals surface area contributed by atoms with Gasteiger partial charge in [0.1, 0.15) is 11.4 Å². The number of fused-ring (bicyclic) bond motifs is 1. The summed E-state index contributed by atoms with van der Waals surface area (Å²) in [5.41, 5.74) is 5.15. The van der Waals surface area contributed by atoms with Gasteiger partial charge in [0.05, 0.1) is 0 Å². The summed E-state index contributed by atoms with van der Waals surface area (Å²) in [5.74, 6) is 0.941. The van der Waals surface area contributed by atoms with Crippen LogP contribution in [-0.4, -0.2) is 12.1 Å². The van der Waals surface area contributed by atoms with Crippen molar-refractivity contribution in [1.29, 1.82) is 0 Å². The fourth-order valence-electron chi connectivity index (χ4n) is 2.94. The summed E-state index contributed by atoms with van der Waals surface area (Å²) in [7, 11) is 0. The molecule has 1 heterocycles. The van der Waals surface area contributed by atoms with Crippen LogP contribution in [-0.2, 0) is 6.42 Å². The Morgan fingerprint density at radius 2 is 1.76 bits per heavy atom. The van der Waals surface area contributed by atoms with Crippen LogP contribution in [0, 0.1) is 6.92 Å². The van der Waals surface area contributed by atoms with Crippen LogP contribution in [0.5, 0.6) is 5.75 Å². The number of ether oxygens (including phenoxy) is 1. The lowest BCUT2D eigenvalue weighted by Crippen LogP contribution is -2.23. The molecule has 2 heteroatoms. The van der Waals surface area contributed by atoms with Crippen LogP contribution in [0.15, 0.2) is 42.5 Å². The van der Waals surface area contributed by atoms with Crippen LogP contribution < -0.4 is 9.64 Å². The molecule has 0 N–H and O–H groups in total. The molecule has 3 rings (SSSR count). The van der Waals surface area contributed by atoms with E-state index in [4.69, 9.17) is 4.74 Å². The Balaban J connectivity index is 1.91. The fraction of sp³-hybridized carbons (Fsp3) is 0.368. The molecule has 0 unspecified atom stereocenters. The summed E-state index contributed by atoms with van der Waals surface area (Å²) < 4.78 is 5.95. The van der Waals surface area contributed by atoms with Crippen molar-refractivity contribution in [2.45, 2.75) is 39.7 Å². The van der Waals surface area contributed by atoms with Crippen molar-refractivity contribution in [3.05, 3.63) is 53.6 Å². The number of aryl methyl sites for hydroxylation is 1. The molecule has 2 nitrogen and oxygen atoms in total. The molecular formula is C19H23NO. The molecule has 21 heavy (non-hydrogen) atoms. The van der Waals surface area contributed by atoms with E-state index >= 15 is 0 Å². The largest absolute Gasteiger partial charge is 0.488 e. The average Bonchev–Trinajstić information content (AvgIpc) is 2.81. The van der Waals surface area contributed by atoms with Crippen molar-refractivity contribution in [3.63, 3.8) is 0 Å². The maximum Gasteiger partial charge on any atom is 0.120 e. The molecule has 0 saturated carbocycles. The third-order valence-corrected chi connectivity index (χ3v) is 3.77. The molecule has 2 aromatic rings. The van der Waals surface area contributed by atoms with E-state index in [0.29, 0.717) is 0 Å². The molecular weight excluding hydrogens is 258 g/mol. The number of nitrogens with zero attached hydrogens (tertiary/aromatic N) is 1. The molecule has 0 fully saturated rings. The first-order chi connectivity index (χ1) is 9.94. The van der Waals surface area contributed by atoms with Gasteiger partial charge in [0.15, 0.2) is 0 Å². The first-order valence-electron chi connectivity index (χ1n) is 7.59. The lowest BCUT2D eigenvalue weighted by atomic mass is 10.1. The zero-order valence-corrected chi connectivity index (χ0v) is 13.3. The van der Waals surface area contributed by atoms with Crippen LogP contribution in [0.3, 0.4) is 0 Å². The molecule has 0 radical (unpaired) electrons. The van der Waals surface area contributed by atoms with Gasteiger partial charge >= 0.3 is 0 Å². The second kappa shape index (κ2) is 5.10. The Labute approximate surface area is 127 Å². The molecule has 110 valence electrons. The molecule has 1 aliphatic heterocycles. The zero-order valence-electron chi connectivity index (χ0n) is 13.3. The van der Waals surface area contributed by atoms with Crippen LogP contribution in [0.2, 0.25) is 0 Å². The first kappa shape index (κ1) is 14.0. The van der Waals surface area contributed by atoms with Gasteiger partial charge in [-0.3, -0.25) is 0 Å². The molecule has 0 saturated heterocycles. The van der Waals surface area contributed by atoms with Crippen molar-refractivity contribution in [1.82, 2.24) is 0 Å². The Kier molecular flexibility index (Phi) is 3.40. The number of rotatable bonds is 2. The molecule has 0 aliphatic carbocycles. The Bertz CT molecular complexity index is 655. The van der Waals surface area contributed by atoms with Gasteiger partial charge in [-0.05, 0) is 69.5 Å². The van der Waals surface area contributed by atoms with Crippen molar-refractivity contribution in [2.75, 3.05) is 11.4 Å². The van der Waals surface area contributed by atoms with Crippen LogP contribution >= 0.6 is 0 Å². The molecule has 0 spiro atoms. The van der Waals surface area contributed by atoms with Gasteiger partial charge in [0.2, 0.25) is 0 Å². The minimum absolute atomic E-state index is 0.159. The van der Waals surface area contributed by atoms with Crippen LogP contribution in [0.4, 0.5) is 11.4 Å². The Hall–Kier alpha value is -1.96. The topological polar surface area (TPSA) is 12.5 Å². The van der Waals surface area contributed by atoms with Gasteiger partial charge in [-0.15, -0.1) is 0 Å². The summed E-state index contributed by atoms with van der Waals surface area (Å²) in [6.45, 7) is 9.44. The minimum Gasteiger partial charge on any atom is -0.488 e. The molecule has 2 aromatic carbocycles. The Morgan fingerprint density at radius 3 is 2.48 bits per heavy atom. The number of benzene rings is 2. The summed E-state index contributed by atoms with van der Waals surface area (Å²) >= 11 is 0. The van der Waals surface area contributed by atoms with E-state index in [1.807, 2.05) is 0 Å². The summed E-state index contributed by atoms with van der Waals surface area (Å²) in [6, 6.07) is 15.1. The number of para-hydroxylation sites is 1. The van der Waals surface area contributed by atoms with Gasteiger partial charge in [-0.25, -0.2) is 0 Å². The molecule has 1 aliphatic rings. The predicted octanol–water partition coefficient (Wildman–Crippen LogP) is 4.87. The zero-order chi connectivity index (χ0) is 15.0. The van der Waals surface area contributed by atoms with Crippen LogP contribution in [0.25, 0.3) is 0 Å². The smallest absolute Gasteiger partial charge is 0.120 e. The fourth-order valence-corrected chi connectivity index (χ4v) is 2.94. The molecule has 0 amide bonds. The Morgan fingerprint density at radius 1 is 1.00 bits per heavy atom. The maximum atomic E-state index is 5.95. The number of hydrogen-bond donors (Lipinski definition) is 0. The normalized spacial score (nSPS) is 14.2. The van der Waals surface area contributed by atoms with Gasteiger partial charge in [0.25, 0.3) is 0 Å². The van der Waals surface area contributed by atoms with E-state index in [1.54, 1.807) is 0 Å². The lowest BCUT2D eigenvalue weighted by molar-refractivity contribution is 0.131. The van der Waals surface area contributed by atoms with Crippen molar-refractivity contribution in [3.8, 4) is 5.75 Å². The number of anilines is 2. The second-order valence-electron chi connectivity index (χ2n) is 6.69. The highest BCUT2D eigenvalue weighted by Crippen LogP contribution is 2.37. The molecule has 0 atom stereocenters. The van der Waals surface area contributed by atoms with Crippen molar-refractivity contribution in [2.24, 2.45) is 0 Å². The summed E-state index contributed by atoms with van der Waals surface area (Å²) in [5, 5.41) is 0. The molecule has 0 bridgehead atoms. The SMILES string of the molecule is Cc1cc(OC(C)(C)C)ccc1N1CCc2ccccc21. The maximum absolute atomic E-state index is 5.95. The monoisotopic (exact) mass is 281 g/mol.